The van der Waals surface area contributed by atoms with Crippen LogP contribution in [0.25, 0.3) is 0 Å². The molecule has 0 saturated carbocycles. The summed E-state index contributed by atoms with van der Waals surface area (Å²) in [7, 11) is 0. The van der Waals surface area contributed by atoms with E-state index in [1.165, 1.54) is 0 Å². The van der Waals surface area contributed by atoms with Crippen molar-refractivity contribution >= 4 is 28.5 Å². The summed E-state index contributed by atoms with van der Waals surface area (Å²) >= 11 is 2.19. The molecule has 0 radical (unpaired) electrons. The van der Waals surface area contributed by atoms with Crippen LogP contribution in [0.5, 0.6) is 0 Å². The average Bonchev–Trinajstić information content (AvgIpc) is 2.26. The lowest BCUT2D eigenvalue weighted by molar-refractivity contribution is 0.0934. The molecule has 82 valence electrons. The Hall–Kier alpha value is -0.580. The molecule has 0 heterocycles. The number of carbonyl (C=O) groups excluding carboxylic acids is 1. The molecule has 0 fully saturated rings. The van der Waals surface area contributed by atoms with Gasteiger partial charge in [0.1, 0.15) is 0 Å². The Morgan fingerprint density at radius 2 is 1.93 bits per heavy atom. The molecule has 0 bridgehead atoms. The van der Waals surface area contributed by atoms with Crippen molar-refractivity contribution in [1.29, 1.82) is 0 Å². The van der Waals surface area contributed by atoms with Crippen LogP contribution in [0.1, 0.15) is 37.0 Å². The lowest BCUT2D eigenvalue weighted by Crippen LogP contribution is -2.34. The van der Waals surface area contributed by atoms with Crippen molar-refractivity contribution in [3.63, 3.8) is 0 Å². The molecule has 0 atom stereocenters. The van der Waals surface area contributed by atoms with Crippen molar-refractivity contribution in [2.75, 3.05) is 0 Å². The molecule has 0 saturated heterocycles. The minimum atomic E-state index is 0.0358. The molecule has 15 heavy (non-hydrogen) atoms. The van der Waals surface area contributed by atoms with E-state index in [2.05, 4.69) is 41.8 Å². The zero-order chi connectivity index (χ0) is 11.3. The maximum absolute atomic E-state index is 11.9. The largest absolute Gasteiger partial charge is 0.349 e. The first-order valence-electron chi connectivity index (χ1n) is 5.24. The van der Waals surface area contributed by atoms with Gasteiger partial charge in [-0.3, -0.25) is 4.79 Å². The molecule has 0 unspecified atom stereocenters. The zero-order valence-corrected chi connectivity index (χ0v) is 11.2. The van der Waals surface area contributed by atoms with Crippen molar-refractivity contribution in [3.8, 4) is 0 Å². The maximum atomic E-state index is 11.9. The highest BCUT2D eigenvalue weighted by molar-refractivity contribution is 14.1. The summed E-state index contributed by atoms with van der Waals surface area (Å²) in [5, 5.41) is 3.03. The van der Waals surface area contributed by atoms with Crippen LogP contribution in [0, 0.1) is 3.57 Å². The third-order valence-electron chi connectivity index (χ3n) is 2.44. The molecule has 0 spiro atoms. The van der Waals surface area contributed by atoms with Gasteiger partial charge in [0.05, 0.1) is 5.56 Å². The number of halogens is 1. The molecule has 1 rings (SSSR count). The Labute approximate surface area is 105 Å². The van der Waals surface area contributed by atoms with Gasteiger partial charge < -0.3 is 5.32 Å². The van der Waals surface area contributed by atoms with Gasteiger partial charge in [0.25, 0.3) is 5.91 Å². The molecule has 2 nitrogen and oxygen atoms in total. The normalized spacial score (nSPS) is 10.4. The summed E-state index contributed by atoms with van der Waals surface area (Å²) in [6.45, 7) is 4.18. The monoisotopic (exact) mass is 317 g/mol. The van der Waals surface area contributed by atoms with Gasteiger partial charge in [-0.25, -0.2) is 0 Å². The molecule has 1 N–H and O–H groups in total. The lowest BCUT2D eigenvalue weighted by atomic mass is 10.1. The van der Waals surface area contributed by atoms with E-state index in [1.54, 1.807) is 0 Å². The maximum Gasteiger partial charge on any atom is 0.252 e. The van der Waals surface area contributed by atoms with E-state index >= 15 is 0 Å². The van der Waals surface area contributed by atoms with Gasteiger partial charge >= 0.3 is 0 Å². The summed E-state index contributed by atoms with van der Waals surface area (Å²) in [6, 6.07) is 7.93. The first kappa shape index (κ1) is 12.5. The van der Waals surface area contributed by atoms with Crippen molar-refractivity contribution in [3.05, 3.63) is 33.4 Å². The van der Waals surface area contributed by atoms with Gasteiger partial charge in [0.15, 0.2) is 0 Å². The first-order valence-corrected chi connectivity index (χ1v) is 6.32. The van der Waals surface area contributed by atoms with E-state index in [0.29, 0.717) is 0 Å². The number of nitrogens with one attached hydrogen (secondary N) is 1. The highest BCUT2D eigenvalue weighted by Crippen LogP contribution is 2.11. The van der Waals surface area contributed by atoms with Gasteiger partial charge in [0.2, 0.25) is 0 Å². The average molecular weight is 317 g/mol. The summed E-state index contributed by atoms with van der Waals surface area (Å²) in [5.74, 6) is 0.0358. The summed E-state index contributed by atoms with van der Waals surface area (Å²) in [5.41, 5.74) is 0.769. The van der Waals surface area contributed by atoms with Crippen LogP contribution < -0.4 is 5.32 Å². The minimum absolute atomic E-state index is 0.0358. The van der Waals surface area contributed by atoms with Crippen LogP contribution in [-0.4, -0.2) is 11.9 Å². The lowest BCUT2D eigenvalue weighted by Gasteiger charge is -2.15. The van der Waals surface area contributed by atoms with Crippen LogP contribution in [0.15, 0.2) is 24.3 Å². The number of amides is 1. The molecule has 1 aromatic rings. The van der Waals surface area contributed by atoms with Gasteiger partial charge in [-0.2, -0.15) is 0 Å². The molecule has 0 aromatic heterocycles. The van der Waals surface area contributed by atoms with Crippen LogP contribution in [0.4, 0.5) is 0 Å². The number of hydrogen-bond acceptors (Lipinski definition) is 1. The minimum Gasteiger partial charge on any atom is -0.349 e. The van der Waals surface area contributed by atoms with Crippen LogP contribution >= 0.6 is 22.6 Å². The van der Waals surface area contributed by atoms with Crippen molar-refractivity contribution in [2.24, 2.45) is 0 Å². The Balaban J connectivity index is 2.73. The van der Waals surface area contributed by atoms with E-state index < -0.39 is 0 Å². The predicted molar refractivity (Wildman–Crippen MR) is 71.0 cm³/mol. The second kappa shape index (κ2) is 6.10. The van der Waals surface area contributed by atoms with E-state index in [9.17, 15) is 4.79 Å². The number of carbonyl (C=O) groups is 1. The van der Waals surface area contributed by atoms with Gasteiger partial charge in [-0.1, -0.05) is 26.0 Å². The van der Waals surface area contributed by atoms with Crippen LogP contribution in [0.2, 0.25) is 0 Å². The standard InChI is InChI=1S/C12H16INO/c1-3-9(4-2)14-12(15)10-7-5-6-8-11(10)13/h5-9H,3-4H2,1-2H3,(H,14,15). The summed E-state index contributed by atoms with van der Waals surface area (Å²) in [6.07, 6.45) is 1.96. The fourth-order valence-corrected chi connectivity index (χ4v) is 2.03. The number of hydrogen-bond donors (Lipinski definition) is 1. The Morgan fingerprint density at radius 1 is 1.33 bits per heavy atom. The molecular weight excluding hydrogens is 301 g/mol. The van der Waals surface area contributed by atoms with Crippen molar-refractivity contribution in [2.45, 2.75) is 32.7 Å². The van der Waals surface area contributed by atoms with E-state index in [4.69, 9.17) is 0 Å². The van der Waals surface area contributed by atoms with Crippen LogP contribution in [-0.2, 0) is 0 Å². The van der Waals surface area contributed by atoms with Crippen LogP contribution in [0.3, 0.4) is 0 Å². The summed E-state index contributed by atoms with van der Waals surface area (Å²) < 4.78 is 0.999. The van der Waals surface area contributed by atoms with Gasteiger partial charge in [-0.05, 0) is 47.6 Å². The Morgan fingerprint density at radius 3 is 2.47 bits per heavy atom. The highest BCUT2D eigenvalue weighted by Gasteiger charge is 2.12. The molecule has 1 aromatic carbocycles. The van der Waals surface area contributed by atoms with E-state index in [-0.39, 0.29) is 11.9 Å². The molecule has 0 aliphatic heterocycles. The third kappa shape index (κ3) is 3.48. The Bertz CT molecular complexity index is 334. The fourth-order valence-electron chi connectivity index (χ4n) is 1.40. The first-order chi connectivity index (χ1) is 7.19. The zero-order valence-electron chi connectivity index (χ0n) is 9.09. The van der Waals surface area contributed by atoms with Crippen molar-refractivity contribution in [1.82, 2.24) is 5.32 Å². The molecule has 0 aliphatic carbocycles. The fraction of sp³-hybridized carbons (Fsp3) is 0.417. The van der Waals surface area contributed by atoms with E-state index in [0.717, 1.165) is 22.0 Å². The highest BCUT2D eigenvalue weighted by atomic mass is 127. The third-order valence-corrected chi connectivity index (χ3v) is 3.38. The molecule has 1 amide bonds. The van der Waals surface area contributed by atoms with Gasteiger partial charge in [-0.15, -0.1) is 0 Å². The second-order valence-corrected chi connectivity index (χ2v) is 4.63. The second-order valence-electron chi connectivity index (χ2n) is 3.47. The predicted octanol–water partition coefficient (Wildman–Crippen LogP) is 3.21. The molecular formula is C12H16INO. The van der Waals surface area contributed by atoms with Crippen molar-refractivity contribution < 1.29 is 4.79 Å². The SMILES string of the molecule is CCC(CC)NC(=O)c1ccccc1I. The topological polar surface area (TPSA) is 29.1 Å². The number of benzene rings is 1. The molecule has 0 aliphatic rings. The van der Waals surface area contributed by atoms with Gasteiger partial charge in [0, 0.05) is 9.61 Å². The quantitative estimate of drug-likeness (QED) is 0.849. The molecule has 3 heteroatoms. The van der Waals surface area contributed by atoms with E-state index in [1.807, 2.05) is 24.3 Å². The number of rotatable bonds is 4. The Kier molecular flexibility index (Phi) is 5.08. The smallest absolute Gasteiger partial charge is 0.252 e. The summed E-state index contributed by atoms with van der Waals surface area (Å²) in [4.78, 5) is 11.9.